The van der Waals surface area contributed by atoms with Crippen molar-refractivity contribution in [1.82, 2.24) is 0 Å². The van der Waals surface area contributed by atoms with Crippen molar-refractivity contribution in [2.24, 2.45) is 5.10 Å². The van der Waals surface area contributed by atoms with Crippen LogP contribution in [-0.2, 0) is 0 Å². The van der Waals surface area contributed by atoms with Crippen LogP contribution in [0.4, 0.5) is 5.69 Å². The molecular weight excluding hydrogens is 311 g/mol. The highest BCUT2D eigenvalue weighted by Crippen LogP contribution is 2.07. The van der Waals surface area contributed by atoms with Gasteiger partial charge in [0.2, 0.25) is 0 Å². The van der Waals surface area contributed by atoms with Gasteiger partial charge in [0.1, 0.15) is 0 Å². The molecule has 80 valence electrons. The molecule has 0 bridgehead atoms. The highest BCUT2D eigenvalue weighted by Gasteiger charge is 1.89. The number of nitrogens with one attached hydrogen (secondary N) is 1. The Labute approximate surface area is 109 Å². The number of halogens is 1. The molecule has 3 heteroatoms. The maximum Gasteiger partial charge on any atom is 0.0561 e. The smallest absolute Gasteiger partial charge is 0.0561 e. The lowest BCUT2D eigenvalue weighted by Crippen LogP contribution is -1.90. The van der Waals surface area contributed by atoms with Gasteiger partial charge in [-0.25, -0.2) is 0 Å². The van der Waals surface area contributed by atoms with E-state index in [9.17, 15) is 0 Å². The fourth-order valence-electron chi connectivity index (χ4n) is 1.28. The number of nitrogens with zero attached hydrogens (tertiary/aromatic N) is 1. The first-order valence-electron chi connectivity index (χ1n) is 4.94. The van der Waals surface area contributed by atoms with Crippen LogP contribution >= 0.6 is 22.6 Å². The Morgan fingerprint density at radius 1 is 1.00 bits per heavy atom. The molecule has 0 unspecified atom stereocenters. The minimum atomic E-state index is 0.990. The number of anilines is 1. The van der Waals surface area contributed by atoms with Gasteiger partial charge < -0.3 is 0 Å². The average molecular weight is 322 g/mol. The molecule has 1 N–H and O–H groups in total. The predicted molar refractivity (Wildman–Crippen MR) is 76.8 cm³/mol. The maximum absolute atomic E-state index is 4.17. The summed E-state index contributed by atoms with van der Waals surface area (Å²) in [5.41, 5.74) is 5.06. The lowest BCUT2D eigenvalue weighted by molar-refractivity contribution is 1.35. The van der Waals surface area contributed by atoms with Gasteiger partial charge in [-0.2, -0.15) is 5.10 Å². The minimum absolute atomic E-state index is 0.990. The topological polar surface area (TPSA) is 24.4 Å². The van der Waals surface area contributed by atoms with E-state index in [2.05, 4.69) is 45.3 Å². The average Bonchev–Trinajstić information content (AvgIpc) is 2.30. The second kappa shape index (κ2) is 5.65. The Morgan fingerprint density at radius 3 is 2.56 bits per heavy atom. The largest absolute Gasteiger partial charge is 0.279 e. The molecule has 0 radical (unpaired) electrons. The summed E-state index contributed by atoms with van der Waals surface area (Å²) in [6.07, 6.45) is 1.81. The third kappa shape index (κ3) is 3.34. The molecule has 0 aliphatic heterocycles. The summed E-state index contributed by atoms with van der Waals surface area (Å²) in [6.45, 7) is 0. The van der Waals surface area contributed by atoms with E-state index in [1.165, 1.54) is 3.57 Å². The van der Waals surface area contributed by atoms with Crippen molar-refractivity contribution in [3.05, 3.63) is 63.7 Å². The van der Waals surface area contributed by atoms with E-state index >= 15 is 0 Å². The monoisotopic (exact) mass is 322 g/mol. The Kier molecular flexibility index (Phi) is 3.93. The van der Waals surface area contributed by atoms with E-state index in [4.69, 9.17) is 0 Å². The molecule has 0 fully saturated rings. The van der Waals surface area contributed by atoms with E-state index in [1.807, 2.05) is 48.7 Å². The molecule has 0 amide bonds. The molecule has 0 heterocycles. The van der Waals surface area contributed by atoms with E-state index in [-0.39, 0.29) is 0 Å². The van der Waals surface area contributed by atoms with Crippen molar-refractivity contribution in [2.45, 2.75) is 0 Å². The van der Waals surface area contributed by atoms with E-state index in [0.717, 1.165) is 11.3 Å². The van der Waals surface area contributed by atoms with Gasteiger partial charge in [0.25, 0.3) is 0 Å². The van der Waals surface area contributed by atoms with Crippen LogP contribution in [0.5, 0.6) is 0 Å². The number of rotatable bonds is 3. The Balaban J connectivity index is 2.00. The van der Waals surface area contributed by atoms with Crippen LogP contribution in [0.25, 0.3) is 0 Å². The second-order valence-electron chi connectivity index (χ2n) is 3.29. The van der Waals surface area contributed by atoms with Gasteiger partial charge >= 0.3 is 0 Å². The molecule has 16 heavy (non-hydrogen) atoms. The molecule has 0 atom stereocenters. The third-order valence-corrected chi connectivity index (χ3v) is 2.70. The van der Waals surface area contributed by atoms with Crippen LogP contribution < -0.4 is 5.43 Å². The summed E-state index contributed by atoms with van der Waals surface area (Å²) in [4.78, 5) is 0. The first-order chi connectivity index (χ1) is 7.84. The zero-order valence-electron chi connectivity index (χ0n) is 8.60. The minimum Gasteiger partial charge on any atom is -0.279 e. The van der Waals surface area contributed by atoms with Crippen LogP contribution in [0.2, 0.25) is 0 Å². The number of benzene rings is 2. The molecule has 0 aliphatic rings. The normalized spacial score (nSPS) is 10.6. The number of hydrogen-bond donors (Lipinski definition) is 1. The first kappa shape index (κ1) is 11.1. The van der Waals surface area contributed by atoms with Gasteiger partial charge in [-0.1, -0.05) is 30.3 Å². The number of para-hydroxylation sites is 1. The van der Waals surface area contributed by atoms with Crippen molar-refractivity contribution in [1.29, 1.82) is 0 Å². The summed E-state index contributed by atoms with van der Waals surface area (Å²) in [7, 11) is 0. The molecule has 2 aromatic rings. The summed E-state index contributed by atoms with van der Waals surface area (Å²) in [5, 5.41) is 4.17. The highest BCUT2D eigenvalue weighted by molar-refractivity contribution is 14.1. The molecule has 0 spiro atoms. The van der Waals surface area contributed by atoms with Gasteiger partial charge in [0, 0.05) is 3.57 Å². The van der Waals surface area contributed by atoms with Crippen LogP contribution in [0.15, 0.2) is 59.7 Å². The van der Waals surface area contributed by atoms with Crippen molar-refractivity contribution in [3.63, 3.8) is 0 Å². The molecule has 0 aromatic heterocycles. The molecular formula is C13H11IN2. The van der Waals surface area contributed by atoms with Crippen molar-refractivity contribution in [3.8, 4) is 0 Å². The molecule has 2 aromatic carbocycles. The summed E-state index contributed by atoms with van der Waals surface area (Å²) in [5.74, 6) is 0. The Morgan fingerprint density at radius 2 is 1.81 bits per heavy atom. The highest BCUT2D eigenvalue weighted by atomic mass is 127. The van der Waals surface area contributed by atoms with Crippen LogP contribution in [0.3, 0.4) is 0 Å². The summed E-state index contributed by atoms with van der Waals surface area (Å²) in [6, 6.07) is 18.1. The first-order valence-corrected chi connectivity index (χ1v) is 6.02. The SMILES string of the molecule is Ic1cccc(/C=N\Nc2ccccc2)c1. The van der Waals surface area contributed by atoms with Gasteiger partial charge in [-0.05, 0) is 52.4 Å². The van der Waals surface area contributed by atoms with Gasteiger partial charge in [0.05, 0.1) is 11.9 Å². The Hall–Kier alpha value is -1.36. The summed E-state index contributed by atoms with van der Waals surface area (Å²) >= 11 is 2.29. The molecule has 2 rings (SSSR count). The zero-order chi connectivity index (χ0) is 11.2. The van der Waals surface area contributed by atoms with Gasteiger partial charge in [-0.15, -0.1) is 0 Å². The predicted octanol–water partition coefficient (Wildman–Crippen LogP) is 3.74. The number of hydrazone groups is 1. The van der Waals surface area contributed by atoms with Crippen molar-refractivity contribution >= 4 is 34.5 Å². The lowest BCUT2D eigenvalue weighted by atomic mass is 10.2. The van der Waals surface area contributed by atoms with Gasteiger partial charge in [-0.3, -0.25) is 5.43 Å². The maximum atomic E-state index is 4.17. The van der Waals surface area contributed by atoms with Crippen LogP contribution in [-0.4, -0.2) is 6.21 Å². The molecule has 0 saturated heterocycles. The van der Waals surface area contributed by atoms with Crippen LogP contribution in [0.1, 0.15) is 5.56 Å². The standard InChI is InChI=1S/C13H11IN2/c14-12-6-4-5-11(9-12)10-15-16-13-7-2-1-3-8-13/h1-10,16H/b15-10-. The molecule has 0 aliphatic carbocycles. The second-order valence-corrected chi connectivity index (χ2v) is 4.54. The fraction of sp³-hybridized carbons (Fsp3) is 0. The number of hydrogen-bond acceptors (Lipinski definition) is 2. The Bertz CT molecular complexity index is 480. The third-order valence-electron chi connectivity index (χ3n) is 2.03. The summed E-state index contributed by atoms with van der Waals surface area (Å²) < 4.78 is 1.21. The van der Waals surface area contributed by atoms with Crippen LogP contribution in [0, 0.1) is 3.57 Å². The van der Waals surface area contributed by atoms with E-state index < -0.39 is 0 Å². The zero-order valence-corrected chi connectivity index (χ0v) is 10.8. The lowest BCUT2D eigenvalue weighted by Gasteiger charge is -1.98. The van der Waals surface area contributed by atoms with E-state index in [0.29, 0.717) is 0 Å². The quantitative estimate of drug-likeness (QED) is 0.520. The fourth-order valence-corrected chi connectivity index (χ4v) is 1.85. The van der Waals surface area contributed by atoms with Crippen molar-refractivity contribution < 1.29 is 0 Å². The van der Waals surface area contributed by atoms with Gasteiger partial charge in [0.15, 0.2) is 0 Å². The van der Waals surface area contributed by atoms with Crippen molar-refractivity contribution in [2.75, 3.05) is 5.43 Å². The van der Waals surface area contributed by atoms with E-state index in [1.54, 1.807) is 0 Å². The molecule has 2 nitrogen and oxygen atoms in total. The molecule has 0 saturated carbocycles.